The van der Waals surface area contributed by atoms with Gasteiger partial charge in [0.05, 0.1) is 12.8 Å². The van der Waals surface area contributed by atoms with Crippen molar-refractivity contribution in [3.05, 3.63) is 23.2 Å². The average molecular weight is 297 g/mol. The van der Waals surface area contributed by atoms with E-state index in [1.807, 2.05) is 18.2 Å². The minimum Gasteiger partial charge on any atom is -0.495 e. The van der Waals surface area contributed by atoms with Crippen molar-refractivity contribution in [2.24, 2.45) is 0 Å². The topological polar surface area (TPSA) is 24.5 Å². The number of hydrogen-bond donors (Lipinski definition) is 1. The Balaban J connectivity index is 2.01. The molecule has 0 spiro atoms. The van der Waals surface area contributed by atoms with E-state index >= 15 is 0 Å². The zero-order valence-corrected chi connectivity index (χ0v) is 13.4. The Labute approximate surface area is 127 Å². The number of halogens is 1. The van der Waals surface area contributed by atoms with Crippen molar-refractivity contribution in [2.75, 3.05) is 25.5 Å². The summed E-state index contributed by atoms with van der Waals surface area (Å²) in [4.78, 5) is 2.55. The first kappa shape index (κ1) is 15.5. The smallest absolute Gasteiger partial charge is 0.142 e. The van der Waals surface area contributed by atoms with Crippen molar-refractivity contribution in [2.45, 2.75) is 45.2 Å². The first-order chi connectivity index (χ1) is 9.60. The zero-order valence-electron chi connectivity index (χ0n) is 12.7. The molecular formula is C16H25ClN2O. The molecule has 20 heavy (non-hydrogen) atoms. The number of benzene rings is 1. The van der Waals surface area contributed by atoms with E-state index in [0.717, 1.165) is 29.4 Å². The van der Waals surface area contributed by atoms with Crippen molar-refractivity contribution >= 4 is 17.3 Å². The van der Waals surface area contributed by atoms with Gasteiger partial charge in [0.2, 0.25) is 0 Å². The van der Waals surface area contributed by atoms with Gasteiger partial charge in [-0.15, -0.1) is 0 Å². The highest BCUT2D eigenvalue weighted by Crippen LogP contribution is 2.29. The molecular weight excluding hydrogens is 272 g/mol. The first-order valence-corrected chi connectivity index (χ1v) is 7.82. The maximum atomic E-state index is 6.08. The van der Waals surface area contributed by atoms with Crippen LogP contribution in [0.1, 0.15) is 33.1 Å². The van der Waals surface area contributed by atoms with Crippen LogP contribution in [0.25, 0.3) is 0 Å². The monoisotopic (exact) mass is 296 g/mol. The maximum absolute atomic E-state index is 6.08. The van der Waals surface area contributed by atoms with Gasteiger partial charge in [-0.1, -0.05) is 11.6 Å². The van der Waals surface area contributed by atoms with Gasteiger partial charge in [-0.2, -0.15) is 0 Å². The van der Waals surface area contributed by atoms with E-state index in [0.29, 0.717) is 12.1 Å². The second-order valence-corrected chi connectivity index (χ2v) is 6.18. The molecule has 1 atom stereocenters. The predicted octanol–water partition coefficient (Wildman–Crippen LogP) is 4.02. The summed E-state index contributed by atoms with van der Waals surface area (Å²) in [6.45, 7) is 6.89. The molecule has 0 amide bonds. The van der Waals surface area contributed by atoms with Gasteiger partial charge in [-0.05, 0) is 57.9 Å². The van der Waals surface area contributed by atoms with Gasteiger partial charge >= 0.3 is 0 Å². The molecule has 1 aliphatic rings. The second kappa shape index (κ2) is 7.19. The number of methoxy groups -OCH3 is 1. The molecule has 0 aromatic heterocycles. The molecule has 0 radical (unpaired) electrons. The number of rotatable bonds is 4. The maximum Gasteiger partial charge on any atom is 0.142 e. The van der Waals surface area contributed by atoms with Crippen molar-refractivity contribution in [3.63, 3.8) is 0 Å². The summed E-state index contributed by atoms with van der Waals surface area (Å²) in [7, 11) is 1.70. The molecule has 112 valence electrons. The predicted molar refractivity (Wildman–Crippen MR) is 86.0 cm³/mol. The fourth-order valence-electron chi connectivity index (χ4n) is 2.79. The lowest BCUT2D eigenvalue weighted by Gasteiger charge is -2.24. The van der Waals surface area contributed by atoms with Gasteiger partial charge in [0.25, 0.3) is 0 Å². The van der Waals surface area contributed by atoms with Crippen LogP contribution in [0.5, 0.6) is 5.75 Å². The third kappa shape index (κ3) is 4.03. The molecule has 4 heteroatoms. The summed E-state index contributed by atoms with van der Waals surface area (Å²) >= 11 is 6.08. The molecule has 1 unspecified atom stereocenters. The lowest BCUT2D eigenvalue weighted by molar-refractivity contribution is 0.230. The molecule has 0 saturated carbocycles. The Kier molecular flexibility index (Phi) is 5.55. The van der Waals surface area contributed by atoms with Gasteiger partial charge in [0, 0.05) is 23.7 Å². The van der Waals surface area contributed by atoms with E-state index in [1.54, 1.807) is 7.11 Å². The first-order valence-electron chi connectivity index (χ1n) is 7.44. The largest absolute Gasteiger partial charge is 0.495 e. The molecule has 1 fully saturated rings. The molecule has 1 aliphatic heterocycles. The second-order valence-electron chi connectivity index (χ2n) is 5.75. The highest BCUT2D eigenvalue weighted by atomic mass is 35.5. The fourth-order valence-corrected chi connectivity index (χ4v) is 2.96. The van der Waals surface area contributed by atoms with Crippen LogP contribution in [0, 0.1) is 0 Å². The molecule has 0 aliphatic carbocycles. The van der Waals surface area contributed by atoms with E-state index in [4.69, 9.17) is 16.3 Å². The fraction of sp³-hybridized carbons (Fsp3) is 0.625. The van der Waals surface area contributed by atoms with Crippen molar-refractivity contribution in [1.82, 2.24) is 4.90 Å². The SMILES string of the molecule is COc1ccc(Cl)cc1NC1CCCN(C(C)C)CC1. The Hall–Kier alpha value is -0.930. The van der Waals surface area contributed by atoms with E-state index < -0.39 is 0 Å². The van der Waals surface area contributed by atoms with Crippen LogP contribution in [0.15, 0.2) is 18.2 Å². The number of likely N-dealkylation sites (tertiary alicyclic amines) is 1. The van der Waals surface area contributed by atoms with Gasteiger partial charge in [0.15, 0.2) is 0 Å². The average Bonchev–Trinajstić information content (AvgIpc) is 2.65. The number of anilines is 1. The molecule has 1 aromatic rings. The van der Waals surface area contributed by atoms with Crippen LogP contribution in [-0.2, 0) is 0 Å². The molecule has 3 nitrogen and oxygen atoms in total. The highest BCUT2D eigenvalue weighted by Gasteiger charge is 2.19. The Morgan fingerprint density at radius 3 is 2.80 bits per heavy atom. The quantitative estimate of drug-likeness (QED) is 0.908. The molecule has 2 rings (SSSR count). The minimum absolute atomic E-state index is 0.492. The zero-order chi connectivity index (χ0) is 14.5. The van der Waals surface area contributed by atoms with E-state index in [9.17, 15) is 0 Å². The van der Waals surface area contributed by atoms with Gasteiger partial charge in [-0.25, -0.2) is 0 Å². The summed E-state index contributed by atoms with van der Waals surface area (Å²) in [5.74, 6) is 0.861. The van der Waals surface area contributed by atoms with Gasteiger partial charge in [0.1, 0.15) is 5.75 Å². The molecule has 0 bridgehead atoms. The molecule has 1 saturated heterocycles. The standard InChI is InChI=1S/C16H25ClN2O/c1-12(2)19-9-4-5-14(8-10-19)18-15-11-13(17)6-7-16(15)20-3/h6-7,11-12,14,18H,4-5,8-10H2,1-3H3. The molecule has 1 N–H and O–H groups in total. The van der Waals surface area contributed by atoms with Crippen LogP contribution in [0.4, 0.5) is 5.69 Å². The van der Waals surface area contributed by atoms with Crippen LogP contribution < -0.4 is 10.1 Å². The lowest BCUT2D eigenvalue weighted by atomic mass is 10.1. The van der Waals surface area contributed by atoms with Crippen LogP contribution in [-0.4, -0.2) is 37.2 Å². The summed E-state index contributed by atoms with van der Waals surface area (Å²) in [5, 5.41) is 4.35. The number of ether oxygens (including phenoxy) is 1. The Morgan fingerprint density at radius 1 is 1.30 bits per heavy atom. The van der Waals surface area contributed by atoms with Crippen LogP contribution >= 0.6 is 11.6 Å². The van der Waals surface area contributed by atoms with Crippen LogP contribution in [0.2, 0.25) is 5.02 Å². The van der Waals surface area contributed by atoms with Crippen molar-refractivity contribution < 1.29 is 4.74 Å². The summed E-state index contributed by atoms with van der Waals surface area (Å²) in [6.07, 6.45) is 3.59. The lowest BCUT2D eigenvalue weighted by Crippen LogP contribution is -2.32. The van der Waals surface area contributed by atoms with Gasteiger partial charge in [-0.3, -0.25) is 0 Å². The van der Waals surface area contributed by atoms with E-state index in [1.165, 1.54) is 19.4 Å². The summed E-state index contributed by atoms with van der Waals surface area (Å²) in [5.41, 5.74) is 1.00. The minimum atomic E-state index is 0.492. The number of nitrogens with one attached hydrogen (secondary N) is 1. The summed E-state index contributed by atoms with van der Waals surface area (Å²) in [6, 6.07) is 6.85. The summed E-state index contributed by atoms with van der Waals surface area (Å²) < 4.78 is 5.40. The number of nitrogens with zero attached hydrogens (tertiary/aromatic N) is 1. The van der Waals surface area contributed by atoms with Gasteiger partial charge < -0.3 is 15.0 Å². The Bertz CT molecular complexity index is 436. The molecule has 1 aromatic carbocycles. The van der Waals surface area contributed by atoms with Crippen LogP contribution in [0.3, 0.4) is 0 Å². The molecule has 1 heterocycles. The van der Waals surface area contributed by atoms with Crippen molar-refractivity contribution in [3.8, 4) is 5.75 Å². The third-order valence-electron chi connectivity index (χ3n) is 4.01. The van der Waals surface area contributed by atoms with E-state index in [-0.39, 0.29) is 0 Å². The van der Waals surface area contributed by atoms with Crippen molar-refractivity contribution in [1.29, 1.82) is 0 Å². The Morgan fingerprint density at radius 2 is 2.10 bits per heavy atom. The number of hydrogen-bond acceptors (Lipinski definition) is 3. The highest BCUT2D eigenvalue weighted by molar-refractivity contribution is 6.30. The third-order valence-corrected chi connectivity index (χ3v) is 4.25. The van der Waals surface area contributed by atoms with E-state index in [2.05, 4.69) is 24.1 Å². The normalized spacial score (nSPS) is 20.8.